The molecule has 0 aliphatic rings. The summed E-state index contributed by atoms with van der Waals surface area (Å²) in [6.45, 7) is 3.34. The van der Waals surface area contributed by atoms with Gasteiger partial charge in [-0.3, -0.25) is 9.59 Å². The lowest BCUT2D eigenvalue weighted by molar-refractivity contribution is -0.118. The maximum atomic E-state index is 12.8. The van der Waals surface area contributed by atoms with Gasteiger partial charge in [0.15, 0.2) is 6.61 Å². The molecule has 4 aromatic rings. The fourth-order valence-corrected chi connectivity index (χ4v) is 3.43. The number of anilines is 1. The molecule has 7 heteroatoms. The number of fused-ring (bicyclic) bond motifs is 2. The summed E-state index contributed by atoms with van der Waals surface area (Å²) in [7, 11) is 0. The summed E-state index contributed by atoms with van der Waals surface area (Å²) in [6.07, 6.45) is 0. The first-order valence-corrected chi connectivity index (χ1v) is 9.60. The van der Waals surface area contributed by atoms with Gasteiger partial charge in [-0.2, -0.15) is 0 Å². The summed E-state index contributed by atoms with van der Waals surface area (Å²) in [5.41, 5.74) is 2.44. The fourth-order valence-electron chi connectivity index (χ4n) is 3.26. The first kappa shape index (κ1) is 19.8. The summed E-state index contributed by atoms with van der Waals surface area (Å²) in [5, 5.41) is 14.1. The van der Waals surface area contributed by atoms with Gasteiger partial charge in [-0.25, -0.2) is 0 Å². The lowest BCUT2D eigenvalue weighted by atomic mass is 10.1. The summed E-state index contributed by atoms with van der Waals surface area (Å²) in [5.74, 6) is -0.462. The van der Waals surface area contributed by atoms with E-state index >= 15 is 0 Å². The van der Waals surface area contributed by atoms with E-state index in [1.165, 1.54) is 12.1 Å². The van der Waals surface area contributed by atoms with Crippen LogP contribution in [0.2, 0.25) is 5.02 Å². The minimum Gasteiger partial charge on any atom is -0.507 e. The van der Waals surface area contributed by atoms with Crippen molar-refractivity contribution in [3.63, 3.8) is 0 Å². The Morgan fingerprint density at radius 2 is 1.93 bits per heavy atom. The molecule has 0 radical (unpaired) electrons. The van der Waals surface area contributed by atoms with Crippen LogP contribution in [-0.4, -0.2) is 17.6 Å². The van der Waals surface area contributed by atoms with E-state index in [2.05, 4.69) is 5.32 Å². The molecule has 4 rings (SSSR count). The Morgan fingerprint density at radius 1 is 1.17 bits per heavy atom. The quantitative estimate of drug-likeness (QED) is 0.454. The number of hydrogen-bond donors (Lipinski definition) is 2. The number of hydrogen-bond acceptors (Lipinski definition) is 5. The molecular formula is C23H18ClNO5. The molecule has 0 fully saturated rings. The third kappa shape index (κ3) is 3.57. The minimum atomic E-state index is -0.393. The normalized spacial score (nSPS) is 11.0. The maximum absolute atomic E-state index is 12.8. The van der Waals surface area contributed by atoms with Crippen molar-refractivity contribution in [2.45, 2.75) is 13.8 Å². The number of carbonyl (C=O) groups is 1. The van der Waals surface area contributed by atoms with Crippen LogP contribution in [0.15, 0.2) is 57.7 Å². The summed E-state index contributed by atoms with van der Waals surface area (Å²) in [6, 6.07) is 13.2. The van der Waals surface area contributed by atoms with Gasteiger partial charge in [0, 0.05) is 22.8 Å². The number of aromatic hydroxyl groups is 1. The van der Waals surface area contributed by atoms with Crippen molar-refractivity contribution >= 4 is 45.1 Å². The molecule has 3 aromatic carbocycles. The predicted octanol–water partition coefficient (Wildman–Crippen LogP) is 4.94. The molecule has 0 spiro atoms. The molecule has 0 unspecified atom stereocenters. The van der Waals surface area contributed by atoms with Crippen LogP contribution in [0.4, 0.5) is 5.69 Å². The number of rotatable bonds is 4. The zero-order chi connectivity index (χ0) is 21.4. The van der Waals surface area contributed by atoms with Crippen LogP contribution in [0.5, 0.6) is 11.5 Å². The molecule has 0 aliphatic carbocycles. The van der Waals surface area contributed by atoms with Crippen LogP contribution >= 0.6 is 11.6 Å². The Balaban J connectivity index is 1.61. The average Bonchev–Trinajstić information content (AvgIpc) is 2.70. The van der Waals surface area contributed by atoms with Gasteiger partial charge < -0.3 is 19.6 Å². The van der Waals surface area contributed by atoms with E-state index in [0.717, 1.165) is 11.1 Å². The number of benzene rings is 3. The highest BCUT2D eigenvalue weighted by Crippen LogP contribution is 2.31. The highest BCUT2D eigenvalue weighted by molar-refractivity contribution is 6.31. The van der Waals surface area contributed by atoms with E-state index in [1.54, 1.807) is 37.3 Å². The lowest BCUT2D eigenvalue weighted by Crippen LogP contribution is -2.20. The lowest BCUT2D eigenvalue weighted by Gasteiger charge is -2.11. The van der Waals surface area contributed by atoms with Crippen LogP contribution in [0.1, 0.15) is 11.1 Å². The first-order chi connectivity index (χ1) is 14.3. The summed E-state index contributed by atoms with van der Waals surface area (Å²) in [4.78, 5) is 25.0. The third-order valence-corrected chi connectivity index (χ3v) is 5.27. The van der Waals surface area contributed by atoms with Crippen LogP contribution in [-0.2, 0) is 4.79 Å². The van der Waals surface area contributed by atoms with E-state index in [0.29, 0.717) is 21.7 Å². The van der Waals surface area contributed by atoms with Gasteiger partial charge in [0.05, 0.1) is 5.39 Å². The number of halogens is 1. The molecule has 30 heavy (non-hydrogen) atoms. The third-order valence-electron chi connectivity index (χ3n) is 4.86. The number of amides is 1. The van der Waals surface area contributed by atoms with Gasteiger partial charge in [0.1, 0.15) is 28.1 Å². The molecule has 1 heterocycles. The molecule has 0 saturated carbocycles. The molecule has 1 aromatic heterocycles. The largest absolute Gasteiger partial charge is 0.507 e. The monoisotopic (exact) mass is 423 g/mol. The van der Waals surface area contributed by atoms with Gasteiger partial charge in [0.2, 0.25) is 5.43 Å². The maximum Gasteiger partial charge on any atom is 0.262 e. The highest BCUT2D eigenvalue weighted by Gasteiger charge is 2.15. The van der Waals surface area contributed by atoms with E-state index in [4.69, 9.17) is 20.8 Å². The number of nitrogens with one attached hydrogen (secondary N) is 1. The Kier molecular flexibility index (Phi) is 5.10. The van der Waals surface area contributed by atoms with E-state index in [-0.39, 0.29) is 34.5 Å². The molecule has 0 aliphatic heterocycles. The van der Waals surface area contributed by atoms with Crippen molar-refractivity contribution in [3.8, 4) is 11.5 Å². The highest BCUT2D eigenvalue weighted by atomic mass is 35.5. The minimum absolute atomic E-state index is 0.0689. The van der Waals surface area contributed by atoms with Gasteiger partial charge in [-0.1, -0.05) is 29.8 Å². The van der Waals surface area contributed by atoms with E-state index in [1.807, 2.05) is 13.0 Å². The van der Waals surface area contributed by atoms with E-state index < -0.39 is 5.91 Å². The second kappa shape index (κ2) is 7.72. The van der Waals surface area contributed by atoms with Gasteiger partial charge in [0.25, 0.3) is 5.91 Å². The molecule has 6 nitrogen and oxygen atoms in total. The van der Waals surface area contributed by atoms with Crippen molar-refractivity contribution in [3.05, 3.63) is 74.9 Å². The molecule has 0 bridgehead atoms. The fraction of sp³-hybridized carbons (Fsp3) is 0.130. The molecule has 2 N–H and O–H groups in total. The molecule has 0 atom stereocenters. The summed E-state index contributed by atoms with van der Waals surface area (Å²) < 4.78 is 11.4. The van der Waals surface area contributed by atoms with E-state index in [9.17, 15) is 14.7 Å². The standard InChI is InChI=1S/C23H18ClNO5/c1-12-5-3-6-15-22(28)21-18(26)9-14(10-19(21)30-23(12)15)29-11-20(27)25-17-8-4-7-16(24)13(17)2/h3-10,26H,11H2,1-2H3,(H,25,27). The Bertz CT molecular complexity index is 1360. The van der Waals surface area contributed by atoms with Crippen molar-refractivity contribution in [2.75, 3.05) is 11.9 Å². The van der Waals surface area contributed by atoms with Crippen molar-refractivity contribution in [1.29, 1.82) is 0 Å². The Labute approximate surface area is 176 Å². The number of para-hydroxylation sites is 1. The predicted molar refractivity (Wildman–Crippen MR) is 117 cm³/mol. The zero-order valence-electron chi connectivity index (χ0n) is 16.3. The Hall–Kier alpha value is -3.51. The van der Waals surface area contributed by atoms with Crippen LogP contribution in [0.25, 0.3) is 21.9 Å². The van der Waals surface area contributed by atoms with Crippen LogP contribution < -0.4 is 15.5 Å². The number of carbonyl (C=O) groups excluding carboxylic acids is 1. The van der Waals surface area contributed by atoms with Crippen molar-refractivity contribution in [1.82, 2.24) is 0 Å². The summed E-state index contributed by atoms with van der Waals surface area (Å²) >= 11 is 6.06. The first-order valence-electron chi connectivity index (χ1n) is 9.22. The number of phenolic OH excluding ortho intramolecular Hbond substituents is 1. The van der Waals surface area contributed by atoms with Gasteiger partial charge in [-0.15, -0.1) is 0 Å². The molecular weight excluding hydrogens is 406 g/mol. The number of phenols is 1. The molecule has 0 saturated heterocycles. The van der Waals surface area contributed by atoms with Crippen molar-refractivity contribution < 1.29 is 19.1 Å². The van der Waals surface area contributed by atoms with Crippen LogP contribution in [0.3, 0.4) is 0 Å². The average molecular weight is 424 g/mol. The second-order valence-electron chi connectivity index (χ2n) is 6.95. The zero-order valence-corrected chi connectivity index (χ0v) is 17.0. The Morgan fingerprint density at radius 3 is 2.73 bits per heavy atom. The number of ether oxygens (including phenoxy) is 1. The molecule has 1 amide bonds. The van der Waals surface area contributed by atoms with Gasteiger partial charge >= 0.3 is 0 Å². The van der Waals surface area contributed by atoms with Crippen LogP contribution in [0, 0.1) is 13.8 Å². The van der Waals surface area contributed by atoms with Gasteiger partial charge in [-0.05, 0) is 43.2 Å². The molecule has 152 valence electrons. The van der Waals surface area contributed by atoms with Crippen molar-refractivity contribution in [2.24, 2.45) is 0 Å². The SMILES string of the molecule is Cc1c(Cl)cccc1NC(=O)COc1cc(O)c2c(=O)c3cccc(C)c3oc2c1. The number of aryl methyl sites for hydroxylation is 1. The topological polar surface area (TPSA) is 88.8 Å². The second-order valence-corrected chi connectivity index (χ2v) is 7.35. The smallest absolute Gasteiger partial charge is 0.262 e.